The third-order valence-corrected chi connectivity index (χ3v) is 7.98. The summed E-state index contributed by atoms with van der Waals surface area (Å²) in [6, 6.07) is 3.59. The van der Waals surface area contributed by atoms with Gasteiger partial charge in [0.15, 0.2) is 0 Å². The van der Waals surface area contributed by atoms with Crippen LogP contribution in [0.3, 0.4) is 0 Å². The first-order valence-corrected chi connectivity index (χ1v) is 10.8. The zero-order valence-electron chi connectivity index (χ0n) is 16.9. The highest BCUT2D eigenvalue weighted by molar-refractivity contribution is 5.94. The highest BCUT2D eigenvalue weighted by Gasteiger charge is 2.67. The van der Waals surface area contributed by atoms with Crippen molar-refractivity contribution in [2.75, 3.05) is 13.1 Å². The van der Waals surface area contributed by atoms with E-state index in [9.17, 15) is 24.9 Å². The second kappa shape index (κ2) is 6.67. The van der Waals surface area contributed by atoms with Crippen molar-refractivity contribution in [3.05, 3.63) is 29.3 Å². The number of likely N-dealkylation sites (tertiary alicyclic amines) is 1. The molecule has 30 heavy (non-hydrogen) atoms. The Morgan fingerprint density at radius 3 is 2.70 bits per heavy atom. The maximum atomic E-state index is 12.6. The van der Waals surface area contributed by atoms with Gasteiger partial charge in [-0.15, -0.1) is 0 Å². The summed E-state index contributed by atoms with van der Waals surface area (Å²) < 4.78 is 0. The van der Waals surface area contributed by atoms with Crippen LogP contribution in [0.2, 0.25) is 0 Å². The molecule has 162 valence electrons. The van der Waals surface area contributed by atoms with Gasteiger partial charge in [-0.1, -0.05) is 6.07 Å². The molecule has 6 N–H and O–H groups in total. The van der Waals surface area contributed by atoms with Gasteiger partial charge in [0.1, 0.15) is 5.75 Å². The molecular weight excluding hydrogens is 386 g/mol. The van der Waals surface area contributed by atoms with E-state index in [0.29, 0.717) is 43.7 Å². The predicted octanol–water partition coefficient (Wildman–Crippen LogP) is 0.887. The van der Waals surface area contributed by atoms with Gasteiger partial charge in [0.25, 0.3) is 0 Å². The van der Waals surface area contributed by atoms with Gasteiger partial charge < -0.3 is 21.1 Å². The standard InChI is InChI=1S/C22H29N3O5/c23-20(29)24-19(28)13-5-6-22(30)18-17(27)15-4-3-14(26)9-16(15)21(22,10-13)7-8-25(18)11-12-1-2-12/h3-4,9,12-13,17-18,26-27,30H,1-2,5-8,10-11H2,(H3,23,24,28,29). The Morgan fingerprint density at radius 1 is 1.23 bits per heavy atom. The maximum Gasteiger partial charge on any atom is 0.318 e. The minimum atomic E-state index is -1.22. The number of aliphatic hydroxyl groups excluding tert-OH is 1. The fourth-order valence-corrected chi connectivity index (χ4v) is 6.47. The van der Waals surface area contributed by atoms with Gasteiger partial charge in [0, 0.05) is 17.9 Å². The molecule has 0 radical (unpaired) electrons. The van der Waals surface area contributed by atoms with E-state index in [0.717, 1.165) is 12.1 Å². The van der Waals surface area contributed by atoms with E-state index in [1.54, 1.807) is 18.2 Å². The monoisotopic (exact) mass is 415 g/mol. The average molecular weight is 415 g/mol. The molecule has 0 aromatic heterocycles. The number of nitrogens with one attached hydrogen (secondary N) is 1. The lowest BCUT2D eigenvalue weighted by molar-refractivity contribution is -0.205. The number of piperidine rings is 1. The zero-order chi connectivity index (χ0) is 21.3. The Kier molecular flexibility index (Phi) is 4.40. The smallest absolute Gasteiger partial charge is 0.318 e. The van der Waals surface area contributed by atoms with Crippen molar-refractivity contribution in [2.24, 2.45) is 17.6 Å². The summed E-state index contributed by atoms with van der Waals surface area (Å²) in [5, 5.41) is 35.9. The van der Waals surface area contributed by atoms with E-state index in [-0.39, 0.29) is 5.75 Å². The number of carbonyl (C=O) groups excluding carboxylic acids is 2. The average Bonchev–Trinajstić information content (AvgIpc) is 3.49. The van der Waals surface area contributed by atoms with Crippen LogP contribution in [0.4, 0.5) is 4.79 Å². The van der Waals surface area contributed by atoms with Crippen LogP contribution in [-0.2, 0) is 10.2 Å². The molecule has 2 saturated carbocycles. The van der Waals surface area contributed by atoms with Crippen LogP contribution in [0.15, 0.2) is 18.2 Å². The SMILES string of the molecule is NC(=O)NC(=O)C1CCC2(O)C3C(O)c4ccc(O)cc4C2(CCN3CC2CC2)C1. The number of aromatic hydroxyl groups is 1. The number of nitrogens with two attached hydrogens (primary N) is 1. The van der Waals surface area contributed by atoms with Gasteiger partial charge in [0.2, 0.25) is 5.91 Å². The number of hydrogen-bond donors (Lipinski definition) is 5. The number of phenols is 1. The molecule has 0 spiro atoms. The third-order valence-electron chi connectivity index (χ3n) is 7.98. The molecule has 1 heterocycles. The Hall–Kier alpha value is -2.16. The Morgan fingerprint density at radius 2 is 2.00 bits per heavy atom. The summed E-state index contributed by atoms with van der Waals surface area (Å²) >= 11 is 0. The largest absolute Gasteiger partial charge is 0.508 e. The van der Waals surface area contributed by atoms with Gasteiger partial charge in [-0.2, -0.15) is 0 Å². The molecule has 5 rings (SSSR count). The summed E-state index contributed by atoms with van der Waals surface area (Å²) in [5.74, 6) is -0.213. The number of phenolic OH excluding ortho intramolecular Hbond substituents is 1. The minimum Gasteiger partial charge on any atom is -0.508 e. The maximum absolute atomic E-state index is 12.6. The molecule has 1 aromatic rings. The number of amides is 3. The lowest BCUT2D eigenvalue weighted by Gasteiger charge is -2.65. The number of benzene rings is 1. The molecule has 4 aliphatic rings. The lowest BCUT2D eigenvalue weighted by Crippen LogP contribution is -2.74. The highest BCUT2D eigenvalue weighted by Crippen LogP contribution is 2.62. The molecule has 2 bridgehead atoms. The summed E-state index contributed by atoms with van der Waals surface area (Å²) in [5.41, 5.74) is 4.58. The van der Waals surface area contributed by atoms with Crippen LogP contribution in [0.5, 0.6) is 5.75 Å². The van der Waals surface area contributed by atoms with Crippen LogP contribution in [-0.4, -0.2) is 56.9 Å². The third kappa shape index (κ3) is 2.77. The van der Waals surface area contributed by atoms with Gasteiger partial charge in [0.05, 0.1) is 17.7 Å². The number of carbonyl (C=O) groups is 2. The molecule has 5 atom stereocenters. The van der Waals surface area contributed by atoms with Crippen molar-refractivity contribution >= 4 is 11.9 Å². The molecule has 1 aliphatic heterocycles. The summed E-state index contributed by atoms with van der Waals surface area (Å²) in [4.78, 5) is 26.1. The number of urea groups is 1. The number of primary amides is 1. The van der Waals surface area contributed by atoms with Crippen molar-refractivity contribution in [3.63, 3.8) is 0 Å². The van der Waals surface area contributed by atoms with E-state index in [1.807, 2.05) is 0 Å². The van der Waals surface area contributed by atoms with E-state index in [4.69, 9.17) is 5.73 Å². The number of rotatable bonds is 3. The van der Waals surface area contributed by atoms with Crippen LogP contribution in [0.25, 0.3) is 0 Å². The highest BCUT2D eigenvalue weighted by atomic mass is 16.3. The molecule has 8 heteroatoms. The summed E-state index contributed by atoms with van der Waals surface area (Å²) in [6.45, 7) is 1.57. The molecule has 1 saturated heterocycles. The number of aliphatic hydroxyl groups is 2. The first-order chi connectivity index (χ1) is 14.2. The summed E-state index contributed by atoms with van der Waals surface area (Å²) in [7, 11) is 0. The lowest BCUT2D eigenvalue weighted by atomic mass is 9.47. The van der Waals surface area contributed by atoms with Crippen LogP contribution < -0.4 is 11.1 Å². The van der Waals surface area contributed by atoms with Gasteiger partial charge >= 0.3 is 6.03 Å². The van der Waals surface area contributed by atoms with E-state index in [2.05, 4.69) is 10.2 Å². The van der Waals surface area contributed by atoms with Crippen molar-refractivity contribution in [1.29, 1.82) is 0 Å². The number of fused-ring (bicyclic) bond motifs is 1. The Bertz CT molecular complexity index is 903. The zero-order valence-corrected chi connectivity index (χ0v) is 16.9. The van der Waals surface area contributed by atoms with Crippen LogP contribution in [0, 0.1) is 11.8 Å². The van der Waals surface area contributed by atoms with Crippen molar-refractivity contribution < 1.29 is 24.9 Å². The Balaban J connectivity index is 1.60. The number of imide groups is 1. The second-order valence-electron chi connectivity index (χ2n) is 9.65. The van der Waals surface area contributed by atoms with Crippen LogP contribution in [0.1, 0.15) is 55.8 Å². The van der Waals surface area contributed by atoms with E-state index < -0.39 is 41.0 Å². The normalized spacial score (nSPS) is 37.7. The molecule has 3 aliphatic carbocycles. The molecule has 3 amide bonds. The quantitative estimate of drug-likeness (QED) is 0.497. The van der Waals surface area contributed by atoms with Gasteiger partial charge in [-0.05, 0) is 74.2 Å². The first kappa shape index (κ1) is 19.8. The summed E-state index contributed by atoms with van der Waals surface area (Å²) in [6.07, 6.45) is 3.21. The van der Waals surface area contributed by atoms with Gasteiger partial charge in [-0.25, -0.2) is 4.79 Å². The fraction of sp³-hybridized carbons (Fsp3) is 0.636. The van der Waals surface area contributed by atoms with E-state index >= 15 is 0 Å². The van der Waals surface area contributed by atoms with Crippen molar-refractivity contribution in [1.82, 2.24) is 10.2 Å². The first-order valence-electron chi connectivity index (χ1n) is 10.8. The van der Waals surface area contributed by atoms with Crippen molar-refractivity contribution in [2.45, 2.75) is 61.7 Å². The number of nitrogens with zero attached hydrogens (tertiary/aromatic N) is 1. The Labute approximate surface area is 175 Å². The molecule has 5 unspecified atom stereocenters. The van der Waals surface area contributed by atoms with E-state index in [1.165, 1.54) is 12.8 Å². The van der Waals surface area contributed by atoms with Crippen LogP contribution >= 0.6 is 0 Å². The molecule has 8 nitrogen and oxygen atoms in total. The minimum absolute atomic E-state index is 0.0697. The second-order valence-corrected chi connectivity index (χ2v) is 9.65. The predicted molar refractivity (Wildman–Crippen MR) is 107 cm³/mol. The van der Waals surface area contributed by atoms with Crippen molar-refractivity contribution in [3.8, 4) is 5.75 Å². The fourth-order valence-electron chi connectivity index (χ4n) is 6.47. The molecule has 1 aromatic carbocycles. The topological polar surface area (TPSA) is 136 Å². The van der Waals surface area contributed by atoms with Gasteiger partial charge in [-0.3, -0.25) is 15.0 Å². The number of hydrogen-bond acceptors (Lipinski definition) is 6. The molecule has 3 fully saturated rings. The molecular formula is C22H29N3O5.